The van der Waals surface area contributed by atoms with Crippen molar-refractivity contribution in [3.63, 3.8) is 0 Å². The lowest BCUT2D eigenvalue weighted by molar-refractivity contribution is 0.161. The first-order valence-electron chi connectivity index (χ1n) is 5.34. The fourth-order valence-corrected chi connectivity index (χ4v) is 1.75. The Morgan fingerprint density at radius 1 is 1.33 bits per heavy atom. The molecular weight excluding hydrogens is 275 g/mol. The summed E-state index contributed by atoms with van der Waals surface area (Å²) in [5, 5.41) is 17.8. The molecule has 5 nitrogen and oxygen atoms in total. The second kappa shape index (κ2) is 6.04. The summed E-state index contributed by atoms with van der Waals surface area (Å²) in [4.78, 5) is 3.80. The maximum Gasteiger partial charge on any atom is 0.137 e. The highest BCUT2D eigenvalue weighted by molar-refractivity contribution is 6.42. The standard InChI is InChI=1S/C11H12Cl2N4O/c12-10-2-1-8(3-11(10)13)15-4-9(18)5-17-7-14-6-16-17/h1-3,6-7,9,15,18H,4-5H2. The first kappa shape index (κ1) is 13.1. The molecule has 0 aliphatic rings. The van der Waals surface area contributed by atoms with Crippen LogP contribution in [0.15, 0.2) is 30.9 Å². The van der Waals surface area contributed by atoms with Crippen LogP contribution in [0.25, 0.3) is 0 Å². The third kappa shape index (κ3) is 3.60. The van der Waals surface area contributed by atoms with E-state index >= 15 is 0 Å². The molecule has 1 heterocycles. The Morgan fingerprint density at radius 3 is 2.83 bits per heavy atom. The summed E-state index contributed by atoms with van der Waals surface area (Å²) in [5.41, 5.74) is 0.807. The average Bonchev–Trinajstić information content (AvgIpc) is 2.83. The van der Waals surface area contributed by atoms with Crippen LogP contribution >= 0.6 is 23.2 Å². The summed E-state index contributed by atoms with van der Waals surface area (Å²) in [7, 11) is 0. The number of nitrogens with zero attached hydrogens (tertiary/aromatic N) is 3. The number of anilines is 1. The monoisotopic (exact) mass is 286 g/mol. The highest BCUT2D eigenvalue weighted by Crippen LogP contribution is 2.24. The summed E-state index contributed by atoms with van der Waals surface area (Å²) < 4.78 is 1.57. The van der Waals surface area contributed by atoms with Crippen LogP contribution in [0.3, 0.4) is 0 Å². The molecule has 2 aromatic rings. The molecule has 1 aromatic carbocycles. The number of hydrogen-bond acceptors (Lipinski definition) is 4. The molecule has 0 amide bonds. The Morgan fingerprint density at radius 2 is 2.17 bits per heavy atom. The van der Waals surface area contributed by atoms with Crippen molar-refractivity contribution in [3.05, 3.63) is 40.9 Å². The van der Waals surface area contributed by atoms with Gasteiger partial charge in [0.1, 0.15) is 12.7 Å². The lowest BCUT2D eigenvalue weighted by Crippen LogP contribution is -2.25. The Kier molecular flexibility index (Phi) is 4.41. The highest BCUT2D eigenvalue weighted by Gasteiger charge is 2.06. The van der Waals surface area contributed by atoms with Crippen LogP contribution in [-0.2, 0) is 6.54 Å². The first-order valence-corrected chi connectivity index (χ1v) is 6.10. The van der Waals surface area contributed by atoms with Crippen LogP contribution in [0.5, 0.6) is 0 Å². The topological polar surface area (TPSA) is 63.0 Å². The van der Waals surface area contributed by atoms with Gasteiger partial charge in [-0.05, 0) is 18.2 Å². The van der Waals surface area contributed by atoms with Gasteiger partial charge in [0.05, 0.1) is 22.7 Å². The van der Waals surface area contributed by atoms with Crippen molar-refractivity contribution in [3.8, 4) is 0 Å². The zero-order valence-electron chi connectivity index (χ0n) is 9.42. The zero-order chi connectivity index (χ0) is 13.0. The van der Waals surface area contributed by atoms with E-state index in [1.54, 1.807) is 29.2 Å². The molecule has 0 aliphatic carbocycles. The van der Waals surface area contributed by atoms with Crippen LogP contribution in [0.4, 0.5) is 5.69 Å². The van der Waals surface area contributed by atoms with Crippen molar-refractivity contribution in [1.82, 2.24) is 14.8 Å². The molecular formula is C11H12Cl2N4O. The van der Waals surface area contributed by atoms with Crippen molar-refractivity contribution in [1.29, 1.82) is 0 Å². The molecule has 18 heavy (non-hydrogen) atoms. The zero-order valence-corrected chi connectivity index (χ0v) is 10.9. The molecule has 1 unspecified atom stereocenters. The van der Waals surface area contributed by atoms with Crippen LogP contribution in [-0.4, -0.2) is 32.5 Å². The number of aliphatic hydroxyl groups excluding tert-OH is 1. The molecule has 2 rings (SSSR count). The number of aliphatic hydroxyl groups is 1. The second-order valence-electron chi connectivity index (χ2n) is 3.78. The van der Waals surface area contributed by atoms with Gasteiger partial charge in [0, 0.05) is 12.2 Å². The molecule has 0 radical (unpaired) electrons. The van der Waals surface area contributed by atoms with Crippen molar-refractivity contribution in [2.24, 2.45) is 0 Å². The second-order valence-corrected chi connectivity index (χ2v) is 4.60. The molecule has 96 valence electrons. The van der Waals surface area contributed by atoms with Gasteiger partial charge in [-0.1, -0.05) is 23.2 Å². The predicted molar refractivity (Wildman–Crippen MR) is 71.0 cm³/mol. The quantitative estimate of drug-likeness (QED) is 0.883. The van der Waals surface area contributed by atoms with E-state index in [4.69, 9.17) is 23.2 Å². The Bertz CT molecular complexity index is 504. The molecule has 0 aliphatic heterocycles. The molecule has 1 atom stereocenters. The van der Waals surface area contributed by atoms with Gasteiger partial charge >= 0.3 is 0 Å². The smallest absolute Gasteiger partial charge is 0.137 e. The molecule has 0 bridgehead atoms. The summed E-state index contributed by atoms with van der Waals surface area (Å²) in [6.45, 7) is 0.770. The van der Waals surface area contributed by atoms with E-state index in [9.17, 15) is 5.11 Å². The minimum absolute atomic E-state index is 0.383. The predicted octanol–water partition coefficient (Wildman–Crippen LogP) is 2.06. The Balaban J connectivity index is 1.85. The van der Waals surface area contributed by atoms with Crippen LogP contribution in [0.2, 0.25) is 10.0 Å². The molecule has 1 aromatic heterocycles. The van der Waals surface area contributed by atoms with E-state index in [-0.39, 0.29) is 0 Å². The Hall–Kier alpha value is -1.30. The normalized spacial score (nSPS) is 12.4. The molecule has 0 saturated heterocycles. The number of nitrogens with one attached hydrogen (secondary N) is 1. The largest absolute Gasteiger partial charge is 0.389 e. The van der Waals surface area contributed by atoms with Gasteiger partial charge in [0.25, 0.3) is 0 Å². The van der Waals surface area contributed by atoms with Gasteiger partial charge < -0.3 is 10.4 Å². The van der Waals surface area contributed by atoms with Crippen molar-refractivity contribution >= 4 is 28.9 Å². The summed E-state index contributed by atoms with van der Waals surface area (Å²) in [6, 6.07) is 5.22. The van der Waals surface area contributed by atoms with Gasteiger partial charge in [0.2, 0.25) is 0 Å². The van der Waals surface area contributed by atoms with Gasteiger partial charge in [0.15, 0.2) is 0 Å². The van der Waals surface area contributed by atoms with Crippen LogP contribution < -0.4 is 5.32 Å². The number of halogens is 2. The maximum atomic E-state index is 9.80. The molecule has 7 heteroatoms. The maximum absolute atomic E-state index is 9.80. The number of hydrogen-bond donors (Lipinski definition) is 2. The third-order valence-electron chi connectivity index (χ3n) is 2.33. The summed E-state index contributed by atoms with van der Waals surface area (Å²) in [6.07, 6.45) is 2.42. The molecule has 2 N–H and O–H groups in total. The lowest BCUT2D eigenvalue weighted by atomic mass is 10.3. The third-order valence-corrected chi connectivity index (χ3v) is 3.06. The van der Waals surface area contributed by atoms with E-state index in [2.05, 4.69) is 15.4 Å². The molecule has 0 saturated carbocycles. The average molecular weight is 287 g/mol. The van der Waals surface area contributed by atoms with E-state index in [1.165, 1.54) is 6.33 Å². The van der Waals surface area contributed by atoms with Crippen molar-refractivity contribution in [2.45, 2.75) is 12.6 Å². The Labute approximate surface area is 114 Å². The number of rotatable bonds is 5. The van der Waals surface area contributed by atoms with Crippen LogP contribution in [0, 0.1) is 0 Å². The minimum atomic E-state index is -0.568. The number of benzene rings is 1. The van der Waals surface area contributed by atoms with E-state index < -0.39 is 6.10 Å². The SMILES string of the molecule is OC(CNc1ccc(Cl)c(Cl)c1)Cn1cncn1. The minimum Gasteiger partial charge on any atom is -0.389 e. The first-order chi connectivity index (χ1) is 8.65. The summed E-state index contributed by atoms with van der Waals surface area (Å²) >= 11 is 11.7. The van der Waals surface area contributed by atoms with Crippen molar-refractivity contribution < 1.29 is 5.11 Å². The fraction of sp³-hybridized carbons (Fsp3) is 0.273. The van der Waals surface area contributed by atoms with E-state index in [0.29, 0.717) is 23.1 Å². The van der Waals surface area contributed by atoms with E-state index in [1.807, 2.05) is 0 Å². The molecule has 0 spiro atoms. The number of aromatic nitrogens is 3. The highest BCUT2D eigenvalue weighted by atomic mass is 35.5. The molecule has 0 fully saturated rings. The van der Waals surface area contributed by atoms with Crippen molar-refractivity contribution in [2.75, 3.05) is 11.9 Å². The van der Waals surface area contributed by atoms with Gasteiger partial charge in [-0.3, -0.25) is 4.68 Å². The lowest BCUT2D eigenvalue weighted by Gasteiger charge is -2.13. The van der Waals surface area contributed by atoms with E-state index in [0.717, 1.165) is 5.69 Å². The van der Waals surface area contributed by atoms with Crippen LogP contribution in [0.1, 0.15) is 0 Å². The fourth-order valence-electron chi connectivity index (χ4n) is 1.45. The summed E-state index contributed by atoms with van der Waals surface area (Å²) in [5.74, 6) is 0. The van der Waals surface area contributed by atoms with Gasteiger partial charge in [-0.25, -0.2) is 4.98 Å². The van der Waals surface area contributed by atoms with Gasteiger partial charge in [-0.15, -0.1) is 0 Å². The van der Waals surface area contributed by atoms with Gasteiger partial charge in [-0.2, -0.15) is 5.10 Å².